The molecule has 0 aliphatic carbocycles. The number of rotatable bonds is 5. The second kappa shape index (κ2) is 6.02. The van der Waals surface area contributed by atoms with Crippen LogP contribution >= 0.6 is 0 Å². The third kappa shape index (κ3) is 2.97. The summed E-state index contributed by atoms with van der Waals surface area (Å²) in [5.74, 6) is 0.104. The second-order valence-corrected chi connectivity index (χ2v) is 6.27. The first kappa shape index (κ1) is 14.5. The van der Waals surface area contributed by atoms with Gasteiger partial charge in [0.25, 0.3) is 0 Å². The molecule has 0 radical (unpaired) electrons. The summed E-state index contributed by atoms with van der Waals surface area (Å²) in [6, 6.07) is 12.5. The molecule has 1 aromatic carbocycles. The van der Waals surface area contributed by atoms with E-state index in [1.165, 1.54) is 30.7 Å². The van der Waals surface area contributed by atoms with Gasteiger partial charge in [0.2, 0.25) is 15.9 Å². The molecule has 0 amide bonds. The van der Waals surface area contributed by atoms with Crippen molar-refractivity contribution in [3.05, 3.63) is 54.2 Å². The van der Waals surface area contributed by atoms with Crippen molar-refractivity contribution in [3.8, 4) is 5.88 Å². The number of hydrogen-bond donors (Lipinski definition) is 0. The molecule has 0 spiro atoms. The van der Waals surface area contributed by atoms with E-state index in [0.29, 0.717) is 6.54 Å². The number of ether oxygens (including phenoxy) is 1. The fraction of sp³-hybridized carbons (Fsp3) is 0.214. The molecule has 106 valence electrons. The molecule has 5 nitrogen and oxygen atoms in total. The summed E-state index contributed by atoms with van der Waals surface area (Å²) >= 11 is 0. The van der Waals surface area contributed by atoms with Crippen molar-refractivity contribution < 1.29 is 13.2 Å². The van der Waals surface area contributed by atoms with Crippen LogP contribution in [0.4, 0.5) is 0 Å². The van der Waals surface area contributed by atoms with Gasteiger partial charge in [0.1, 0.15) is 4.90 Å². The summed E-state index contributed by atoms with van der Waals surface area (Å²) in [4.78, 5) is 4.00. The molecular weight excluding hydrogens is 276 g/mol. The highest BCUT2D eigenvalue weighted by atomic mass is 32.2. The molecule has 2 aromatic rings. The van der Waals surface area contributed by atoms with Gasteiger partial charge in [0.15, 0.2) is 0 Å². The van der Waals surface area contributed by atoms with Crippen LogP contribution < -0.4 is 4.74 Å². The molecule has 0 aliphatic heterocycles. The minimum absolute atomic E-state index is 0.0703. The van der Waals surface area contributed by atoms with Gasteiger partial charge in [-0.1, -0.05) is 30.3 Å². The van der Waals surface area contributed by atoms with Gasteiger partial charge in [-0.15, -0.1) is 0 Å². The maximum absolute atomic E-state index is 12.5. The number of methoxy groups -OCH3 is 1. The molecule has 20 heavy (non-hydrogen) atoms. The molecular formula is C14H16N2O3S. The molecule has 0 fully saturated rings. The van der Waals surface area contributed by atoms with Crippen molar-refractivity contribution in [3.63, 3.8) is 0 Å². The Bertz CT molecular complexity index is 672. The zero-order chi connectivity index (χ0) is 14.6. The average molecular weight is 292 g/mol. The van der Waals surface area contributed by atoms with Gasteiger partial charge < -0.3 is 4.74 Å². The van der Waals surface area contributed by atoms with E-state index in [4.69, 9.17) is 4.74 Å². The van der Waals surface area contributed by atoms with Crippen molar-refractivity contribution in [1.82, 2.24) is 9.29 Å². The Hall–Kier alpha value is -1.92. The van der Waals surface area contributed by atoms with Crippen LogP contribution in [-0.4, -0.2) is 31.9 Å². The van der Waals surface area contributed by atoms with Crippen molar-refractivity contribution in [2.24, 2.45) is 0 Å². The lowest BCUT2D eigenvalue weighted by Gasteiger charge is -2.18. The zero-order valence-electron chi connectivity index (χ0n) is 11.4. The van der Waals surface area contributed by atoms with E-state index in [0.717, 1.165) is 5.56 Å². The highest BCUT2D eigenvalue weighted by Gasteiger charge is 2.25. The number of benzene rings is 1. The second-order valence-electron chi connectivity index (χ2n) is 4.26. The summed E-state index contributed by atoms with van der Waals surface area (Å²) in [7, 11) is -0.696. The number of nitrogens with zero attached hydrogens (tertiary/aromatic N) is 2. The van der Waals surface area contributed by atoms with Crippen LogP contribution in [0.15, 0.2) is 53.6 Å². The summed E-state index contributed by atoms with van der Waals surface area (Å²) in [6.07, 6.45) is 1.50. The molecule has 0 aliphatic rings. The number of hydrogen-bond acceptors (Lipinski definition) is 4. The zero-order valence-corrected chi connectivity index (χ0v) is 12.2. The summed E-state index contributed by atoms with van der Waals surface area (Å²) < 4.78 is 31.3. The predicted octanol–water partition coefficient (Wildman–Crippen LogP) is 1.91. The maximum atomic E-state index is 12.5. The number of pyridine rings is 1. The minimum Gasteiger partial charge on any atom is -0.480 e. The van der Waals surface area contributed by atoms with Gasteiger partial charge >= 0.3 is 0 Å². The van der Waals surface area contributed by atoms with E-state index in [2.05, 4.69) is 4.98 Å². The smallest absolute Gasteiger partial charge is 0.248 e. The lowest BCUT2D eigenvalue weighted by molar-refractivity contribution is 0.381. The van der Waals surface area contributed by atoms with Gasteiger partial charge in [-0.2, -0.15) is 4.31 Å². The minimum atomic E-state index is -3.63. The molecule has 2 rings (SSSR count). The molecule has 0 N–H and O–H groups in total. The van der Waals surface area contributed by atoms with Crippen molar-refractivity contribution in [1.29, 1.82) is 0 Å². The Morgan fingerprint density at radius 3 is 2.50 bits per heavy atom. The molecule has 6 heteroatoms. The monoisotopic (exact) mass is 292 g/mol. The van der Waals surface area contributed by atoms with E-state index in [9.17, 15) is 8.42 Å². The topological polar surface area (TPSA) is 59.5 Å². The van der Waals surface area contributed by atoms with Crippen molar-refractivity contribution in [2.45, 2.75) is 11.4 Å². The van der Waals surface area contributed by atoms with Gasteiger partial charge in [0.05, 0.1) is 7.11 Å². The quantitative estimate of drug-likeness (QED) is 0.844. The predicted molar refractivity (Wildman–Crippen MR) is 75.9 cm³/mol. The lowest BCUT2D eigenvalue weighted by Crippen LogP contribution is -2.27. The van der Waals surface area contributed by atoms with E-state index in [1.807, 2.05) is 30.3 Å². The van der Waals surface area contributed by atoms with Gasteiger partial charge in [0, 0.05) is 19.8 Å². The van der Waals surface area contributed by atoms with E-state index in [1.54, 1.807) is 6.07 Å². The van der Waals surface area contributed by atoms with Crippen LogP contribution in [0.2, 0.25) is 0 Å². The first-order valence-electron chi connectivity index (χ1n) is 6.05. The SMILES string of the molecule is COc1ncccc1S(=O)(=O)N(C)Cc1ccccc1. The van der Waals surface area contributed by atoms with Crippen LogP contribution in [0.5, 0.6) is 5.88 Å². The van der Waals surface area contributed by atoms with E-state index >= 15 is 0 Å². The summed E-state index contributed by atoms with van der Waals surface area (Å²) in [5, 5.41) is 0. The Morgan fingerprint density at radius 2 is 1.85 bits per heavy atom. The molecule has 1 aromatic heterocycles. The third-order valence-electron chi connectivity index (χ3n) is 2.87. The van der Waals surface area contributed by atoms with Crippen LogP contribution in [0.3, 0.4) is 0 Å². The summed E-state index contributed by atoms with van der Waals surface area (Å²) in [6.45, 7) is 0.293. The molecule has 0 saturated carbocycles. The van der Waals surface area contributed by atoms with Crippen molar-refractivity contribution >= 4 is 10.0 Å². The van der Waals surface area contributed by atoms with E-state index < -0.39 is 10.0 Å². The normalized spacial score (nSPS) is 11.6. The highest BCUT2D eigenvalue weighted by molar-refractivity contribution is 7.89. The first-order chi connectivity index (χ1) is 9.55. The number of sulfonamides is 1. The van der Waals surface area contributed by atoms with Gasteiger partial charge in [-0.3, -0.25) is 0 Å². The Balaban J connectivity index is 2.30. The highest BCUT2D eigenvalue weighted by Crippen LogP contribution is 2.24. The maximum Gasteiger partial charge on any atom is 0.248 e. The van der Waals surface area contributed by atoms with E-state index in [-0.39, 0.29) is 10.8 Å². The third-order valence-corrected chi connectivity index (χ3v) is 4.68. The fourth-order valence-corrected chi connectivity index (χ4v) is 3.08. The molecule has 0 bridgehead atoms. The molecule has 1 heterocycles. The lowest BCUT2D eigenvalue weighted by atomic mass is 10.2. The van der Waals surface area contributed by atoms with Gasteiger partial charge in [-0.05, 0) is 17.7 Å². The standard InChI is InChI=1S/C14H16N2O3S/c1-16(11-12-7-4-3-5-8-12)20(17,18)13-9-6-10-15-14(13)19-2/h3-10H,11H2,1-2H3. The van der Waals surface area contributed by atoms with Crippen LogP contribution in [-0.2, 0) is 16.6 Å². The van der Waals surface area contributed by atoms with Crippen molar-refractivity contribution in [2.75, 3.05) is 14.2 Å². The van der Waals surface area contributed by atoms with Crippen LogP contribution in [0.25, 0.3) is 0 Å². The van der Waals surface area contributed by atoms with Crippen LogP contribution in [0.1, 0.15) is 5.56 Å². The number of aromatic nitrogens is 1. The molecule has 0 saturated heterocycles. The summed E-state index contributed by atoms with van der Waals surface area (Å²) in [5.41, 5.74) is 0.918. The van der Waals surface area contributed by atoms with Gasteiger partial charge in [-0.25, -0.2) is 13.4 Å². The largest absolute Gasteiger partial charge is 0.480 e. The Morgan fingerprint density at radius 1 is 1.15 bits per heavy atom. The Labute approximate surface area is 118 Å². The molecule has 0 unspecified atom stereocenters. The average Bonchev–Trinajstić information content (AvgIpc) is 2.48. The van der Waals surface area contributed by atoms with Crippen LogP contribution in [0, 0.1) is 0 Å². The fourth-order valence-electron chi connectivity index (χ4n) is 1.82. The first-order valence-corrected chi connectivity index (χ1v) is 7.49. The molecule has 0 atom stereocenters. The Kier molecular flexibility index (Phi) is 4.36.